The van der Waals surface area contributed by atoms with Gasteiger partial charge in [-0.2, -0.15) is 0 Å². The Morgan fingerprint density at radius 2 is 1.61 bits per heavy atom. The summed E-state index contributed by atoms with van der Waals surface area (Å²) < 4.78 is 4.74. The molecule has 0 saturated carbocycles. The molecule has 1 aliphatic heterocycles. The van der Waals surface area contributed by atoms with Crippen LogP contribution in [0.3, 0.4) is 0 Å². The molecule has 1 aromatic rings. The maximum Gasteiger partial charge on any atom is 0.404 e. The summed E-state index contributed by atoms with van der Waals surface area (Å²) >= 11 is 5.18. The first-order chi connectivity index (χ1) is 20.9. The Labute approximate surface area is 261 Å². The van der Waals surface area contributed by atoms with E-state index in [1.807, 2.05) is 0 Å². The number of halogens is 1. The molecule has 0 bridgehead atoms. The standard InChI is InChI=1S/C30H40ClN5O8/c1-19(2)27(35-24(38)8-4-3-5-16-36-25(39)13-14-26(36)40)23(37)17-21(7-6-15-33-30(32)43)28(41)34-22-11-9-20(10-12-22)18-44-29(31)42/h9-14,19,21,27H,3-8,15-18H2,1-2H3,(H,34,41)(H,35,38)(H3,32,33,43)/t21-,27+/m1/s1. The van der Waals surface area contributed by atoms with Gasteiger partial charge >= 0.3 is 11.5 Å². The summed E-state index contributed by atoms with van der Waals surface area (Å²) in [5, 5.41) is 8.05. The number of nitrogens with one attached hydrogen (secondary N) is 3. The number of anilines is 1. The minimum Gasteiger partial charge on any atom is -0.449 e. The highest BCUT2D eigenvalue weighted by molar-refractivity contribution is 6.61. The van der Waals surface area contributed by atoms with E-state index in [-0.39, 0.29) is 68.4 Å². The van der Waals surface area contributed by atoms with Crippen molar-refractivity contribution in [2.75, 3.05) is 18.4 Å². The van der Waals surface area contributed by atoms with E-state index >= 15 is 0 Å². The minimum absolute atomic E-state index is 0.0266. The lowest BCUT2D eigenvalue weighted by molar-refractivity contribution is -0.137. The third-order valence-corrected chi connectivity index (χ3v) is 7.05. The molecule has 2 atom stereocenters. The quantitative estimate of drug-likeness (QED) is 0.101. The van der Waals surface area contributed by atoms with Gasteiger partial charge in [0.25, 0.3) is 11.8 Å². The zero-order valence-electron chi connectivity index (χ0n) is 24.9. The van der Waals surface area contributed by atoms with Crippen LogP contribution < -0.4 is 21.7 Å². The molecule has 0 radical (unpaired) electrons. The summed E-state index contributed by atoms with van der Waals surface area (Å²) in [6, 6.07) is 5.05. The van der Waals surface area contributed by atoms with Crippen LogP contribution in [0.15, 0.2) is 36.4 Å². The van der Waals surface area contributed by atoms with Crippen LogP contribution >= 0.6 is 11.6 Å². The Balaban J connectivity index is 1.94. The lowest BCUT2D eigenvalue weighted by Crippen LogP contribution is -2.45. The van der Waals surface area contributed by atoms with Crippen LogP contribution in [0.4, 0.5) is 15.3 Å². The Hall–Kier alpha value is -4.26. The average Bonchev–Trinajstić information content (AvgIpc) is 3.28. The summed E-state index contributed by atoms with van der Waals surface area (Å²) in [7, 11) is 0. The summed E-state index contributed by atoms with van der Waals surface area (Å²) in [6.07, 6.45) is 4.84. The number of nitrogens with zero attached hydrogens (tertiary/aromatic N) is 1. The van der Waals surface area contributed by atoms with Gasteiger partial charge in [0.1, 0.15) is 6.61 Å². The molecule has 14 heteroatoms. The highest BCUT2D eigenvalue weighted by atomic mass is 35.5. The van der Waals surface area contributed by atoms with Crippen LogP contribution in [0.5, 0.6) is 0 Å². The molecule has 13 nitrogen and oxygen atoms in total. The number of ketones is 1. The molecule has 0 aromatic heterocycles. The van der Waals surface area contributed by atoms with Gasteiger partial charge in [-0.3, -0.25) is 28.9 Å². The maximum atomic E-state index is 13.4. The van der Waals surface area contributed by atoms with E-state index in [9.17, 15) is 33.6 Å². The van der Waals surface area contributed by atoms with Gasteiger partial charge in [0.05, 0.1) is 6.04 Å². The fourth-order valence-electron chi connectivity index (χ4n) is 4.57. The van der Waals surface area contributed by atoms with E-state index in [1.54, 1.807) is 38.1 Å². The molecular weight excluding hydrogens is 594 g/mol. The van der Waals surface area contributed by atoms with Crippen LogP contribution in [0.1, 0.15) is 64.4 Å². The van der Waals surface area contributed by atoms with Gasteiger partial charge in [0, 0.05) is 61.3 Å². The minimum atomic E-state index is -0.931. The average molecular weight is 634 g/mol. The summed E-state index contributed by atoms with van der Waals surface area (Å²) in [6.45, 7) is 4.08. The van der Waals surface area contributed by atoms with Crippen molar-refractivity contribution in [1.29, 1.82) is 0 Å². The topological polar surface area (TPSA) is 194 Å². The third kappa shape index (κ3) is 12.9. The Kier molecular flexibility index (Phi) is 15.0. The second-order valence-electron chi connectivity index (χ2n) is 10.8. The fourth-order valence-corrected chi connectivity index (χ4v) is 4.63. The third-order valence-electron chi connectivity index (χ3n) is 6.94. The van der Waals surface area contributed by atoms with E-state index in [4.69, 9.17) is 22.1 Å². The van der Waals surface area contributed by atoms with Crippen molar-refractivity contribution in [1.82, 2.24) is 15.5 Å². The van der Waals surface area contributed by atoms with Crippen molar-refractivity contribution < 1.29 is 38.3 Å². The normalized spacial score (nSPS) is 13.9. The second kappa shape index (κ2) is 18.4. The van der Waals surface area contributed by atoms with Crippen LogP contribution in [0, 0.1) is 11.8 Å². The Morgan fingerprint density at radius 3 is 2.20 bits per heavy atom. The number of primary amides is 1. The molecule has 6 amide bonds. The number of rotatable bonds is 19. The monoisotopic (exact) mass is 633 g/mol. The predicted molar refractivity (Wildman–Crippen MR) is 162 cm³/mol. The number of imide groups is 1. The van der Waals surface area contributed by atoms with Crippen molar-refractivity contribution >= 4 is 58.2 Å². The Bertz CT molecular complexity index is 1220. The van der Waals surface area contributed by atoms with Gasteiger partial charge in [-0.25, -0.2) is 9.59 Å². The van der Waals surface area contributed by atoms with Crippen molar-refractivity contribution in [3.63, 3.8) is 0 Å². The zero-order valence-corrected chi connectivity index (χ0v) is 25.7. The number of nitrogens with two attached hydrogens (primary N) is 1. The van der Waals surface area contributed by atoms with Crippen molar-refractivity contribution in [3.8, 4) is 0 Å². The number of carbonyl (C=O) groups excluding carboxylic acids is 7. The summed E-state index contributed by atoms with van der Waals surface area (Å²) in [5.74, 6) is -2.68. The molecule has 0 unspecified atom stereocenters. The second-order valence-corrected chi connectivity index (χ2v) is 11.1. The molecule has 44 heavy (non-hydrogen) atoms. The zero-order chi connectivity index (χ0) is 32.6. The number of unbranched alkanes of at least 4 members (excludes halogenated alkanes) is 2. The molecule has 1 heterocycles. The molecule has 0 aliphatic carbocycles. The molecule has 0 saturated heterocycles. The first-order valence-electron chi connectivity index (χ1n) is 14.5. The molecule has 240 valence electrons. The highest BCUT2D eigenvalue weighted by Crippen LogP contribution is 2.20. The number of carbonyl (C=O) groups is 7. The van der Waals surface area contributed by atoms with E-state index in [2.05, 4.69) is 16.0 Å². The number of Topliss-reactive ketones (excluding diaryl/α,β-unsaturated/α-hetero) is 1. The van der Waals surface area contributed by atoms with Gasteiger partial charge < -0.3 is 26.4 Å². The molecule has 5 N–H and O–H groups in total. The number of benzene rings is 1. The van der Waals surface area contributed by atoms with E-state index in [0.29, 0.717) is 36.9 Å². The van der Waals surface area contributed by atoms with Gasteiger partial charge in [-0.15, -0.1) is 0 Å². The molecule has 2 rings (SSSR count). The van der Waals surface area contributed by atoms with E-state index < -0.39 is 29.3 Å². The SMILES string of the molecule is CC(C)[C@H](NC(=O)CCCCCN1C(=O)C=CC1=O)C(=O)C[C@@H](CCCNC(N)=O)C(=O)Nc1ccc(COC(=O)Cl)cc1. The van der Waals surface area contributed by atoms with Crippen LogP contribution in [-0.2, 0) is 35.3 Å². The van der Waals surface area contributed by atoms with E-state index in [1.165, 1.54) is 12.2 Å². The number of amides is 6. The molecule has 1 aliphatic rings. The lowest BCUT2D eigenvalue weighted by Gasteiger charge is -2.24. The summed E-state index contributed by atoms with van der Waals surface area (Å²) in [4.78, 5) is 85.5. The van der Waals surface area contributed by atoms with Crippen LogP contribution in [0.2, 0.25) is 0 Å². The maximum absolute atomic E-state index is 13.4. The smallest absolute Gasteiger partial charge is 0.404 e. The number of urea groups is 1. The van der Waals surface area contributed by atoms with Crippen molar-refractivity contribution in [2.24, 2.45) is 17.6 Å². The van der Waals surface area contributed by atoms with Gasteiger partial charge in [0.2, 0.25) is 11.8 Å². The number of ether oxygens (including phenoxy) is 1. The first kappa shape index (κ1) is 35.9. The van der Waals surface area contributed by atoms with Crippen molar-refractivity contribution in [2.45, 2.75) is 71.4 Å². The molecule has 1 aromatic carbocycles. The van der Waals surface area contributed by atoms with Crippen molar-refractivity contribution in [3.05, 3.63) is 42.0 Å². The van der Waals surface area contributed by atoms with Gasteiger partial charge in [-0.05, 0) is 49.3 Å². The molecule has 0 fully saturated rings. The van der Waals surface area contributed by atoms with Gasteiger partial charge in [-0.1, -0.05) is 32.4 Å². The van der Waals surface area contributed by atoms with Crippen LogP contribution in [-0.4, -0.2) is 64.9 Å². The number of hydrogen-bond donors (Lipinski definition) is 4. The lowest BCUT2D eigenvalue weighted by atomic mass is 9.89. The summed E-state index contributed by atoms with van der Waals surface area (Å²) in [5.41, 5.74) is 5.31. The fraction of sp³-hybridized carbons (Fsp3) is 0.500. The molecular formula is C30H40ClN5O8. The van der Waals surface area contributed by atoms with Gasteiger partial charge in [0.15, 0.2) is 5.78 Å². The number of hydrogen-bond acceptors (Lipinski definition) is 8. The first-order valence-corrected chi connectivity index (χ1v) is 14.9. The largest absolute Gasteiger partial charge is 0.449 e. The molecule has 0 spiro atoms. The van der Waals surface area contributed by atoms with E-state index in [0.717, 1.165) is 4.90 Å². The highest BCUT2D eigenvalue weighted by Gasteiger charge is 2.29. The van der Waals surface area contributed by atoms with Crippen LogP contribution in [0.25, 0.3) is 0 Å². The predicted octanol–water partition coefficient (Wildman–Crippen LogP) is 3.15. The Morgan fingerprint density at radius 1 is 0.955 bits per heavy atom.